The number of hydroxylamine groups is 2. The van der Waals surface area contributed by atoms with E-state index in [4.69, 9.17) is 18.7 Å². The second-order valence-corrected chi connectivity index (χ2v) is 10.3. The minimum atomic E-state index is -1.30. The molecule has 0 bridgehead atoms. The van der Waals surface area contributed by atoms with Crippen LogP contribution in [0.25, 0.3) is 11.2 Å². The van der Waals surface area contributed by atoms with Crippen molar-refractivity contribution in [3.05, 3.63) is 24.4 Å². The van der Waals surface area contributed by atoms with E-state index in [1.807, 2.05) is 20.8 Å². The van der Waals surface area contributed by atoms with Crippen LogP contribution in [0.3, 0.4) is 0 Å². The monoisotopic (exact) mass is 532 g/mol. The molecule has 2 aliphatic rings. The Bertz CT molecular complexity index is 1270. The average molecular weight is 533 g/mol. The molecule has 3 aromatic heterocycles. The topological polar surface area (TPSA) is 183 Å². The predicted octanol–water partition coefficient (Wildman–Crippen LogP) is 1.46. The summed E-state index contributed by atoms with van der Waals surface area (Å²) in [7, 11) is 0. The first-order valence-corrected chi connectivity index (χ1v) is 12.5. The fourth-order valence-electron chi connectivity index (χ4n) is 4.42. The van der Waals surface area contributed by atoms with Gasteiger partial charge in [0.25, 0.3) is 0 Å². The number of nitrogens with zero attached hydrogens (tertiary/aromatic N) is 7. The van der Waals surface area contributed by atoms with Crippen molar-refractivity contribution in [3.63, 3.8) is 0 Å². The number of hydrogen-bond acceptors (Lipinski definition) is 14. The van der Waals surface area contributed by atoms with E-state index < -0.39 is 30.7 Å². The zero-order valence-electron chi connectivity index (χ0n) is 21.6. The van der Waals surface area contributed by atoms with Gasteiger partial charge in [-0.15, -0.1) is 15.3 Å². The van der Waals surface area contributed by atoms with Gasteiger partial charge >= 0.3 is 6.16 Å². The van der Waals surface area contributed by atoms with Crippen LogP contribution < -0.4 is 5.32 Å². The second-order valence-electron chi connectivity index (χ2n) is 10.3. The fraction of sp³-hybridized carbons (Fsp3) is 0.652. The van der Waals surface area contributed by atoms with Gasteiger partial charge in [-0.25, -0.2) is 19.7 Å². The minimum Gasteiger partial charge on any atom is -0.433 e. The van der Waals surface area contributed by atoms with E-state index >= 15 is 0 Å². The third-order valence-corrected chi connectivity index (χ3v) is 6.46. The number of aliphatic hydroxyl groups is 2. The largest absolute Gasteiger partial charge is 0.527 e. The summed E-state index contributed by atoms with van der Waals surface area (Å²) in [6, 6.07) is 0.0642. The summed E-state index contributed by atoms with van der Waals surface area (Å²) >= 11 is 0. The molecule has 15 nitrogen and oxygen atoms in total. The van der Waals surface area contributed by atoms with E-state index in [0.29, 0.717) is 48.8 Å². The van der Waals surface area contributed by atoms with Crippen LogP contribution >= 0.6 is 0 Å². The summed E-state index contributed by atoms with van der Waals surface area (Å²) in [5.74, 6) is 1.01. The third-order valence-electron chi connectivity index (χ3n) is 6.46. The highest BCUT2D eigenvalue weighted by atomic mass is 16.8. The highest BCUT2D eigenvalue weighted by Crippen LogP contribution is 2.40. The molecule has 0 saturated carbocycles. The van der Waals surface area contributed by atoms with Crippen molar-refractivity contribution in [1.29, 1.82) is 0 Å². The molecule has 0 spiro atoms. The first-order valence-electron chi connectivity index (χ1n) is 12.5. The van der Waals surface area contributed by atoms with Gasteiger partial charge in [0, 0.05) is 24.5 Å². The van der Waals surface area contributed by atoms with Crippen molar-refractivity contribution >= 4 is 23.1 Å². The van der Waals surface area contributed by atoms with Gasteiger partial charge in [-0.2, -0.15) is 0 Å². The standard InChI is InChI=1S/C23H32N8O7/c1-5-35-22(34)38-30-8-6-12(7-9-30)27-17-13-18(25-10-24-17)31(11-26-13)20-15(33)14(32)16(36-20)19-28-29-21(37-19)23(2,3)4/h10-12,14-16,20,32-33H,5-9H2,1-4H3,(H,24,25,27)/t14-,15+,16-,20+/m0/s1. The Labute approximate surface area is 218 Å². The summed E-state index contributed by atoms with van der Waals surface area (Å²) in [5.41, 5.74) is 0.528. The number of fused-ring (bicyclic) bond motifs is 1. The van der Waals surface area contributed by atoms with Crippen molar-refractivity contribution in [1.82, 2.24) is 34.8 Å². The molecular formula is C23H32N8O7. The van der Waals surface area contributed by atoms with Crippen molar-refractivity contribution in [2.45, 2.75) is 76.5 Å². The van der Waals surface area contributed by atoms with Crippen LogP contribution in [0.5, 0.6) is 0 Å². The molecule has 0 unspecified atom stereocenters. The van der Waals surface area contributed by atoms with E-state index in [0.717, 1.165) is 0 Å². The van der Waals surface area contributed by atoms with E-state index in [9.17, 15) is 15.0 Å². The zero-order chi connectivity index (χ0) is 27.0. The first-order chi connectivity index (χ1) is 18.2. The van der Waals surface area contributed by atoms with Crippen molar-refractivity contribution < 1.29 is 33.7 Å². The van der Waals surface area contributed by atoms with E-state index in [2.05, 4.69) is 30.5 Å². The van der Waals surface area contributed by atoms with E-state index in [-0.39, 0.29) is 24.0 Å². The fourth-order valence-corrected chi connectivity index (χ4v) is 4.42. The maximum absolute atomic E-state index is 11.5. The lowest BCUT2D eigenvalue weighted by atomic mass is 9.97. The number of aliphatic hydroxyl groups excluding tert-OH is 2. The molecular weight excluding hydrogens is 500 g/mol. The second kappa shape index (κ2) is 10.4. The van der Waals surface area contributed by atoms with E-state index in [1.165, 1.54) is 12.7 Å². The molecule has 38 heavy (non-hydrogen) atoms. The van der Waals surface area contributed by atoms with Gasteiger partial charge in [0.05, 0.1) is 12.9 Å². The minimum absolute atomic E-state index is 0.0642. The third kappa shape index (κ3) is 5.14. The number of carbonyl (C=O) groups is 1. The highest BCUT2D eigenvalue weighted by Gasteiger charge is 2.48. The van der Waals surface area contributed by atoms with Gasteiger partial charge in [-0.3, -0.25) is 4.57 Å². The number of piperidine rings is 1. The Morgan fingerprint density at radius 2 is 1.92 bits per heavy atom. The highest BCUT2D eigenvalue weighted by molar-refractivity contribution is 5.82. The van der Waals surface area contributed by atoms with Crippen molar-refractivity contribution in [2.24, 2.45) is 0 Å². The van der Waals surface area contributed by atoms with Crippen molar-refractivity contribution in [3.8, 4) is 0 Å². The number of hydrogen-bond donors (Lipinski definition) is 3. The molecule has 2 aliphatic heterocycles. The summed E-state index contributed by atoms with van der Waals surface area (Å²) < 4.78 is 18.1. The SMILES string of the molecule is CCOC(=O)ON1CCC(Nc2ncnc3c2ncn3[C@@H]2O[C@H](c3nnc(C(C)(C)C)o3)[C@@H](O)[C@H]2O)CC1. The molecule has 5 heterocycles. The number of rotatable bonds is 6. The van der Waals surface area contributed by atoms with E-state index in [1.54, 1.807) is 16.6 Å². The molecule has 0 aromatic carbocycles. The number of imidazole rings is 1. The zero-order valence-corrected chi connectivity index (χ0v) is 21.6. The first kappa shape index (κ1) is 26.2. The lowest BCUT2D eigenvalue weighted by Crippen LogP contribution is -2.40. The maximum atomic E-state index is 11.5. The smallest absolute Gasteiger partial charge is 0.433 e. The van der Waals surface area contributed by atoms with Gasteiger partial charge in [0.1, 0.15) is 18.5 Å². The maximum Gasteiger partial charge on any atom is 0.527 e. The Balaban J connectivity index is 1.28. The van der Waals surface area contributed by atoms with Crippen LogP contribution in [0.2, 0.25) is 0 Å². The molecule has 206 valence electrons. The Morgan fingerprint density at radius 3 is 2.61 bits per heavy atom. The number of carbonyl (C=O) groups excluding carboxylic acids is 1. The lowest BCUT2D eigenvalue weighted by Gasteiger charge is -2.30. The molecule has 3 N–H and O–H groups in total. The molecule has 3 aromatic rings. The quantitative estimate of drug-likeness (QED) is 0.388. The lowest BCUT2D eigenvalue weighted by molar-refractivity contribution is -0.137. The van der Waals surface area contributed by atoms with Gasteiger partial charge in [0.2, 0.25) is 11.8 Å². The number of anilines is 1. The Kier molecular flexibility index (Phi) is 7.17. The van der Waals surface area contributed by atoms with Crippen molar-refractivity contribution in [2.75, 3.05) is 25.0 Å². The van der Waals surface area contributed by atoms with Gasteiger partial charge in [-0.1, -0.05) is 20.8 Å². The van der Waals surface area contributed by atoms with Gasteiger partial charge in [0.15, 0.2) is 29.3 Å². The van der Waals surface area contributed by atoms with Crippen LogP contribution in [0.4, 0.5) is 10.6 Å². The summed E-state index contributed by atoms with van der Waals surface area (Å²) in [4.78, 5) is 29.9. The molecule has 0 amide bonds. The molecule has 2 fully saturated rings. The van der Waals surface area contributed by atoms with Crippen LogP contribution in [0, 0.1) is 0 Å². The summed E-state index contributed by atoms with van der Waals surface area (Å²) in [6.07, 6.45) is -1.03. The average Bonchev–Trinajstić information content (AvgIpc) is 3.59. The molecule has 0 aliphatic carbocycles. The van der Waals surface area contributed by atoms with Crippen LogP contribution in [0.1, 0.15) is 64.6 Å². The van der Waals surface area contributed by atoms with Gasteiger partial charge in [-0.05, 0) is 19.8 Å². The molecule has 0 radical (unpaired) electrons. The number of aromatic nitrogens is 6. The van der Waals surface area contributed by atoms with Crippen LogP contribution in [-0.4, -0.2) is 89.1 Å². The van der Waals surface area contributed by atoms with Crippen LogP contribution in [0.15, 0.2) is 17.1 Å². The molecule has 2 saturated heterocycles. The number of ether oxygens (including phenoxy) is 2. The Morgan fingerprint density at radius 1 is 1.16 bits per heavy atom. The predicted molar refractivity (Wildman–Crippen MR) is 130 cm³/mol. The molecule has 15 heteroatoms. The number of nitrogens with one attached hydrogen (secondary N) is 1. The van der Waals surface area contributed by atoms with Gasteiger partial charge < -0.3 is 34.3 Å². The molecule has 4 atom stereocenters. The summed E-state index contributed by atoms with van der Waals surface area (Å²) in [6.45, 7) is 8.83. The van der Waals surface area contributed by atoms with Crippen LogP contribution in [-0.2, 0) is 19.7 Å². The Hall–Kier alpha value is -3.40. The normalized spacial score (nSPS) is 25.1. The summed E-state index contributed by atoms with van der Waals surface area (Å²) in [5, 5.41) is 34.6. The molecule has 5 rings (SSSR count).